The van der Waals surface area contributed by atoms with E-state index in [1.54, 1.807) is 31.4 Å². The molecule has 4 aromatic rings. The molecular formula is C26H21NO4. The molecule has 0 saturated carbocycles. The molecule has 5 nitrogen and oxygen atoms in total. The van der Waals surface area contributed by atoms with Crippen LogP contribution in [-0.4, -0.2) is 17.5 Å². The highest BCUT2D eigenvalue weighted by atomic mass is 16.5. The molecule has 0 aliphatic carbocycles. The fourth-order valence-electron chi connectivity index (χ4n) is 3.78. The first-order valence-corrected chi connectivity index (χ1v) is 10.0. The zero-order chi connectivity index (χ0) is 21.4. The maximum atomic E-state index is 12.9. The molecule has 0 amide bonds. The first kappa shape index (κ1) is 19.0. The van der Waals surface area contributed by atoms with Crippen molar-refractivity contribution in [1.29, 1.82) is 0 Å². The van der Waals surface area contributed by atoms with Crippen LogP contribution in [0.15, 0.2) is 78.7 Å². The Morgan fingerprint density at radius 3 is 2.61 bits per heavy atom. The Morgan fingerprint density at radius 2 is 1.81 bits per heavy atom. The zero-order valence-corrected chi connectivity index (χ0v) is 17.3. The number of hydrogen-bond acceptors (Lipinski definition) is 4. The summed E-state index contributed by atoms with van der Waals surface area (Å²) in [6.07, 6.45) is 3.76. The molecule has 0 atom stereocenters. The highest BCUT2D eigenvalue weighted by molar-refractivity contribution is 6.15. The van der Waals surface area contributed by atoms with Gasteiger partial charge in [0.05, 0.1) is 12.7 Å². The fourth-order valence-corrected chi connectivity index (χ4v) is 3.78. The van der Waals surface area contributed by atoms with Gasteiger partial charge in [0.25, 0.3) is 0 Å². The van der Waals surface area contributed by atoms with E-state index < -0.39 is 0 Å². The number of nitrogens with zero attached hydrogens (tertiary/aromatic N) is 1. The van der Waals surface area contributed by atoms with E-state index in [1.807, 2.05) is 66.3 Å². The van der Waals surface area contributed by atoms with Crippen LogP contribution in [0.1, 0.15) is 21.5 Å². The van der Waals surface area contributed by atoms with Gasteiger partial charge in [0.2, 0.25) is 5.78 Å². The average Bonchev–Trinajstić information content (AvgIpc) is 3.28. The molecular weight excluding hydrogens is 390 g/mol. The number of benzene rings is 3. The second kappa shape index (κ2) is 7.69. The van der Waals surface area contributed by atoms with Gasteiger partial charge in [-0.15, -0.1) is 0 Å². The van der Waals surface area contributed by atoms with Crippen LogP contribution >= 0.6 is 0 Å². The molecule has 1 aliphatic rings. The maximum Gasteiger partial charge on any atom is 0.231 e. The van der Waals surface area contributed by atoms with Crippen LogP contribution in [-0.2, 0) is 13.7 Å². The number of carbonyl (C=O) groups is 1. The molecule has 0 spiro atoms. The van der Waals surface area contributed by atoms with Gasteiger partial charge in [0.15, 0.2) is 5.76 Å². The van der Waals surface area contributed by atoms with E-state index in [0.29, 0.717) is 29.4 Å². The van der Waals surface area contributed by atoms with Crippen LogP contribution in [0.2, 0.25) is 0 Å². The van der Waals surface area contributed by atoms with E-state index in [0.717, 1.165) is 27.8 Å². The molecule has 154 valence electrons. The number of methoxy groups -OCH3 is 1. The largest absolute Gasteiger partial charge is 0.497 e. The standard InChI is InChI=1S/C26H21NO4/c1-27-15-18(22-13-19(29-2)9-11-23(22)27)12-25-26(28)21-10-8-20(14-24(21)31-25)30-16-17-6-4-3-5-7-17/h3-15H,16H2,1-2H3/b25-12-. The molecule has 0 radical (unpaired) electrons. The van der Waals surface area contributed by atoms with Gasteiger partial charge in [-0.2, -0.15) is 0 Å². The van der Waals surface area contributed by atoms with E-state index in [2.05, 4.69) is 0 Å². The summed E-state index contributed by atoms with van der Waals surface area (Å²) < 4.78 is 19.2. The first-order valence-electron chi connectivity index (χ1n) is 10.0. The maximum absolute atomic E-state index is 12.9. The lowest BCUT2D eigenvalue weighted by molar-refractivity contribution is 0.101. The number of aromatic nitrogens is 1. The summed E-state index contributed by atoms with van der Waals surface area (Å²) in [4.78, 5) is 12.9. The number of ether oxygens (including phenoxy) is 3. The van der Waals surface area contributed by atoms with Crippen molar-refractivity contribution in [2.45, 2.75) is 6.61 Å². The Bertz CT molecular complexity index is 1320. The van der Waals surface area contributed by atoms with Gasteiger partial charge in [-0.05, 0) is 42.0 Å². The van der Waals surface area contributed by atoms with Gasteiger partial charge in [-0.25, -0.2) is 0 Å². The summed E-state index contributed by atoms with van der Waals surface area (Å²) in [5, 5.41) is 0.994. The summed E-state index contributed by atoms with van der Waals surface area (Å²) >= 11 is 0. The number of allylic oxidation sites excluding steroid dienone is 1. The molecule has 5 heteroatoms. The topological polar surface area (TPSA) is 49.7 Å². The van der Waals surface area contributed by atoms with E-state index in [1.165, 1.54) is 0 Å². The van der Waals surface area contributed by atoms with Crippen LogP contribution in [0, 0.1) is 0 Å². The molecule has 0 fully saturated rings. The molecule has 0 saturated heterocycles. The summed E-state index contributed by atoms with van der Waals surface area (Å²) in [7, 11) is 3.61. The molecule has 1 aliphatic heterocycles. The Morgan fingerprint density at radius 1 is 1.00 bits per heavy atom. The van der Waals surface area contributed by atoms with Crippen LogP contribution < -0.4 is 14.2 Å². The lowest BCUT2D eigenvalue weighted by Gasteiger charge is -2.07. The normalized spacial score (nSPS) is 14.0. The highest BCUT2D eigenvalue weighted by Gasteiger charge is 2.28. The monoisotopic (exact) mass is 411 g/mol. The number of hydrogen-bond donors (Lipinski definition) is 0. The fraction of sp³-hybridized carbons (Fsp3) is 0.115. The number of Topliss-reactive ketones (excluding diaryl/α,β-unsaturated/α-hetero) is 1. The molecule has 5 rings (SSSR count). The van der Waals surface area contributed by atoms with Crippen LogP contribution in [0.4, 0.5) is 0 Å². The van der Waals surface area contributed by atoms with Crippen LogP contribution in [0.25, 0.3) is 17.0 Å². The Labute approximate surface area is 180 Å². The SMILES string of the molecule is COc1ccc2c(c1)c(/C=C1\Oc3cc(OCc4ccccc4)ccc3C1=O)cn2C. The Balaban J connectivity index is 1.42. The van der Waals surface area contributed by atoms with Crippen molar-refractivity contribution in [3.05, 3.63) is 95.4 Å². The number of rotatable bonds is 5. The smallest absolute Gasteiger partial charge is 0.231 e. The molecule has 0 N–H and O–H groups in total. The third-order valence-corrected chi connectivity index (χ3v) is 5.40. The third kappa shape index (κ3) is 3.55. The van der Waals surface area contributed by atoms with Crippen molar-refractivity contribution in [3.63, 3.8) is 0 Å². The van der Waals surface area contributed by atoms with Crippen molar-refractivity contribution < 1.29 is 19.0 Å². The van der Waals surface area contributed by atoms with E-state index in [9.17, 15) is 4.79 Å². The van der Waals surface area contributed by atoms with Crippen molar-refractivity contribution in [1.82, 2.24) is 4.57 Å². The second-order valence-corrected chi connectivity index (χ2v) is 7.45. The minimum atomic E-state index is -0.135. The molecule has 3 aromatic carbocycles. The lowest BCUT2D eigenvalue weighted by Crippen LogP contribution is -1.98. The van der Waals surface area contributed by atoms with Crippen molar-refractivity contribution in [2.24, 2.45) is 7.05 Å². The second-order valence-electron chi connectivity index (χ2n) is 7.45. The molecule has 0 bridgehead atoms. The van der Waals surface area contributed by atoms with Crippen LogP contribution in [0.3, 0.4) is 0 Å². The highest BCUT2D eigenvalue weighted by Crippen LogP contribution is 2.36. The minimum Gasteiger partial charge on any atom is -0.497 e. The number of fused-ring (bicyclic) bond motifs is 2. The number of aryl methyl sites for hydroxylation is 1. The first-order chi connectivity index (χ1) is 15.1. The third-order valence-electron chi connectivity index (χ3n) is 5.40. The summed E-state index contributed by atoms with van der Waals surface area (Å²) in [5.74, 6) is 2.10. The van der Waals surface area contributed by atoms with Gasteiger partial charge < -0.3 is 18.8 Å². The van der Waals surface area contributed by atoms with Gasteiger partial charge >= 0.3 is 0 Å². The predicted molar refractivity (Wildman–Crippen MR) is 120 cm³/mol. The summed E-state index contributed by atoms with van der Waals surface area (Å²) in [5.41, 5.74) is 3.56. The summed E-state index contributed by atoms with van der Waals surface area (Å²) in [6.45, 7) is 0.452. The van der Waals surface area contributed by atoms with E-state index in [4.69, 9.17) is 14.2 Å². The number of carbonyl (C=O) groups excluding carboxylic acids is 1. The summed E-state index contributed by atoms with van der Waals surface area (Å²) in [6, 6.07) is 21.1. The van der Waals surface area contributed by atoms with Gasteiger partial charge in [0, 0.05) is 35.8 Å². The van der Waals surface area contributed by atoms with Crippen molar-refractivity contribution in [2.75, 3.05) is 7.11 Å². The minimum absolute atomic E-state index is 0.135. The Hall–Kier alpha value is -3.99. The quantitative estimate of drug-likeness (QED) is 0.414. The average molecular weight is 411 g/mol. The van der Waals surface area contributed by atoms with Gasteiger partial charge in [0.1, 0.15) is 23.9 Å². The molecule has 2 heterocycles. The zero-order valence-electron chi connectivity index (χ0n) is 17.3. The molecule has 1 aromatic heterocycles. The van der Waals surface area contributed by atoms with E-state index >= 15 is 0 Å². The van der Waals surface area contributed by atoms with Crippen molar-refractivity contribution in [3.8, 4) is 17.2 Å². The van der Waals surface area contributed by atoms with Gasteiger partial charge in [-0.3, -0.25) is 4.79 Å². The molecule has 31 heavy (non-hydrogen) atoms. The lowest BCUT2D eigenvalue weighted by atomic mass is 10.1. The van der Waals surface area contributed by atoms with Gasteiger partial charge in [-0.1, -0.05) is 30.3 Å². The van der Waals surface area contributed by atoms with E-state index in [-0.39, 0.29) is 5.78 Å². The van der Waals surface area contributed by atoms with Crippen LogP contribution in [0.5, 0.6) is 17.2 Å². The number of ketones is 1. The van der Waals surface area contributed by atoms with Crippen molar-refractivity contribution >= 4 is 22.8 Å². The molecule has 0 unspecified atom stereocenters. The predicted octanol–water partition coefficient (Wildman–Crippen LogP) is 5.38. The Kier molecular flexibility index (Phi) is 4.71.